The zero-order valence-corrected chi connectivity index (χ0v) is 15.0. The van der Waals surface area contributed by atoms with E-state index in [2.05, 4.69) is 27.1 Å². The normalized spacial score (nSPS) is 22.0. The van der Waals surface area contributed by atoms with Gasteiger partial charge in [0, 0.05) is 26.2 Å². The van der Waals surface area contributed by atoms with Crippen molar-refractivity contribution in [2.24, 2.45) is 5.92 Å². The zero-order chi connectivity index (χ0) is 17.6. The van der Waals surface area contributed by atoms with Crippen molar-refractivity contribution in [1.82, 2.24) is 14.9 Å². The minimum Gasteiger partial charge on any atom is -0.363 e. The molecule has 0 bridgehead atoms. The molecule has 3 rings (SSSR count). The molecule has 0 amide bonds. The molecule has 0 aromatic carbocycles. The molecule has 8 heteroatoms. The van der Waals surface area contributed by atoms with Crippen LogP contribution in [0.5, 0.6) is 0 Å². The summed E-state index contributed by atoms with van der Waals surface area (Å²) in [4.78, 5) is 24.1. The first-order chi connectivity index (χ1) is 12.1. The molecule has 2 fully saturated rings. The van der Waals surface area contributed by atoms with Crippen molar-refractivity contribution in [2.45, 2.75) is 39.0 Å². The van der Waals surface area contributed by atoms with Gasteiger partial charge < -0.3 is 15.1 Å². The molecule has 1 atom stereocenters. The molecular formula is C17H28N6O2. The Morgan fingerprint density at radius 3 is 2.76 bits per heavy atom. The van der Waals surface area contributed by atoms with E-state index in [0.29, 0.717) is 24.1 Å². The fourth-order valence-corrected chi connectivity index (χ4v) is 3.80. The quantitative estimate of drug-likeness (QED) is 0.624. The lowest BCUT2D eigenvalue weighted by Crippen LogP contribution is -2.35. The zero-order valence-electron chi connectivity index (χ0n) is 15.0. The van der Waals surface area contributed by atoms with Crippen molar-refractivity contribution < 1.29 is 4.92 Å². The van der Waals surface area contributed by atoms with Gasteiger partial charge >= 0.3 is 5.69 Å². The molecule has 1 unspecified atom stereocenters. The Hall–Kier alpha value is -1.96. The highest BCUT2D eigenvalue weighted by Crippen LogP contribution is 2.33. The lowest BCUT2D eigenvalue weighted by Gasteiger charge is -2.31. The average Bonchev–Trinajstić information content (AvgIpc) is 2.62. The molecule has 0 aliphatic carbocycles. The molecule has 2 aliphatic heterocycles. The molecule has 0 radical (unpaired) electrons. The molecule has 3 heterocycles. The number of hydrogen-bond acceptors (Lipinski definition) is 7. The Kier molecular flexibility index (Phi) is 6.01. The van der Waals surface area contributed by atoms with Gasteiger partial charge in [0.05, 0.1) is 4.92 Å². The van der Waals surface area contributed by atoms with Crippen LogP contribution in [-0.2, 0) is 0 Å². The van der Waals surface area contributed by atoms with Crippen LogP contribution >= 0.6 is 0 Å². The molecular weight excluding hydrogens is 320 g/mol. The summed E-state index contributed by atoms with van der Waals surface area (Å²) in [6.07, 6.45) is 7.43. The summed E-state index contributed by atoms with van der Waals surface area (Å²) < 4.78 is 0. The van der Waals surface area contributed by atoms with Crippen molar-refractivity contribution >= 4 is 17.3 Å². The molecule has 0 saturated carbocycles. The third-order valence-electron chi connectivity index (χ3n) is 5.11. The number of aromatic nitrogens is 2. The summed E-state index contributed by atoms with van der Waals surface area (Å²) in [6.45, 7) is 7.58. The fourth-order valence-electron chi connectivity index (χ4n) is 3.80. The SMILES string of the molecule is CC1CCCN(c2ncnc(NCCN3CCCCC3)c2[N+](=O)[O-])C1. The minimum atomic E-state index is -0.349. The van der Waals surface area contributed by atoms with Crippen molar-refractivity contribution in [3.05, 3.63) is 16.4 Å². The van der Waals surface area contributed by atoms with Crippen molar-refractivity contribution in [3.8, 4) is 0 Å². The first kappa shape index (κ1) is 17.8. The largest absolute Gasteiger partial charge is 0.363 e. The Labute approximate surface area is 148 Å². The highest BCUT2D eigenvalue weighted by molar-refractivity contribution is 5.70. The van der Waals surface area contributed by atoms with E-state index in [4.69, 9.17) is 0 Å². The van der Waals surface area contributed by atoms with Crippen molar-refractivity contribution in [3.63, 3.8) is 0 Å². The van der Waals surface area contributed by atoms with E-state index in [9.17, 15) is 10.1 Å². The van der Waals surface area contributed by atoms with Gasteiger partial charge in [0.25, 0.3) is 0 Å². The van der Waals surface area contributed by atoms with Crippen LogP contribution in [0.1, 0.15) is 39.0 Å². The first-order valence-corrected chi connectivity index (χ1v) is 9.35. The third-order valence-corrected chi connectivity index (χ3v) is 5.11. The van der Waals surface area contributed by atoms with Crippen molar-refractivity contribution in [1.29, 1.82) is 0 Å². The van der Waals surface area contributed by atoms with Crippen LogP contribution in [0, 0.1) is 16.0 Å². The Bertz CT molecular complexity index is 591. The number of rotatable bonds is 6. The van der Waals surface area contributed by atoms with E-state index < -0.39 is 0 Å². The molecule has 1 aromatic rings. The van der Waals surface area contributed by atoms with Gasteiger partial charge in [0.15, 0.2) is 0 Å². The van der Waals surface area contributed by atoms with E-state index in [1.165, 1.54) is 25.6 Å². The van der Waals surface area contributed by atoms with E-state index in [-0.39, 0.29) is 10.6 Å². The molecule has 138 valence electrons. The monoisotopic (exact) mass is 348 g/mol. The summed E-state index contributed by atoms with van der Waals surface area (Å²) in [5.74, 6) is 1.32. The van der Waals surface area contributed by atoms with Crippen LogP contribution in [0.3, 0.4) is 0 Å². The number of nitrogens with one attached hydrogen (secondary N) is 1. The molecule has 1 aromatic heterocycles. The highest BCUT2D eigenvalue weighted by atomic mass is 16.6. The lowest BCUT2D eigenvalue weighted by atomic mass is 10.0. The second kappa shape index (κ2) is 8.42. The topological polar surface area (TPSA) is 87.4 Å². The molecule has 2 aliphatic rings. The number of nitrogens with zero attached hydrogens (tertiary/aromatic N) is 5. The highest BCUT2D eigenvalue weighted by Gasteiger charge is 2.29. The maximum absolute atomic E-state index is 11.7. The van der Waals surface area contributed by atoms with Crippen LogP contribution in [-0.4, -0.2) is 59.1 Å². The fraction of sp³-hybridized carbons (Fsp3) is 0.765. The van der Waals surface area contributed by atoms with Gasteiger partial charge in [-0.1, -0.05) is 13.3 Å². The Balaban J connectivity index is 1.70. The summed E-state index contributed by atoms with van der Waals surface area (Å²) in [5, 5.41) is 14.9. The van der Waals surface area contributed by atoms with E-state index in [0.717, 1.165) is 45.6 Å². The minimum absolute atomic E-state index is 0.00949. The first-order valence-electron chi connectivity index (χ1n) is 9.35. The predicted octanol–water partition coefficient (Wildman–Crippen LogP) is 2.52. The van der Waals surface area contributed by atoms with E-state index in [1.807, 2.05) is 4.90 Å². The Morgan fingerprint density at radius 1 is 1.24 bits per heavy atom. The maximum Gasteiger partial charge on any atom is 0.353 e. The number of nitro groups is 1. The van der Waals surface area contributed by atoms with Crippen LogP contribution in [0.15, 0.2) is 6.33 Å². The summed E-state index contributed by atoms with van der Waals surface area (Å²) in [5.41, 5.74) is 0.00949. The smallest absolute Gasteiger partial charge is 0.353 e. The van der Waals surface area contributed by atoms with Crippen LogP contribution in [0.25, 0.3) is 0 Å². The summed E-state index contributed by atoms with van der Waals surface area (Å²) >= 11 is 0. The van der Waals surface area contributed by atoms with Gasteiger partial charge in [0.2, 0.25) is 11.6 Å². The van der Waals surface area contributed by atoms with Crippen LogP contribution in [0.2, 0.25) is 0 Å². The lowest BCUT2D eigenvalue weighted by molar-refractivity contribution is -0.383. The van der Waals surface area contributed by atoms with Gasteiger partial charge in [-0.25, -0.2) is 9.97 Å². The molecule has 0 spiro atoms. The Morgan fingerprint density at radius 2 is 2.04 bits per heavy atom. The number of piperidine rings is 2. The second-order valence-corrected chi connectivity index (χ2v) is 7.17. The van der Waals surface area contributed by atoms with Gasteiger partial charge in [-0.05, 0) is 44.7 Å². The van der Waals surface area contributed by atoms with E-state index in [1.54, 1.807) is 0 Å². The molecule has 8 nitrogen and oxygen atoms in total. The molecule has 2 saturated heterocycles. The van der Waals surface area contributed by atoms with Gasteiger partial charge in [-0.3, -0.25) is 10.1 Å². The summed E-state index contributed by atoms with van der Waals surface area (Å²) in [6, 6.07) is 0. The number of hydrogen-bond donors (Lipinski definition) is 1. The van der Waals surface area contributed by atoms with Crippen molar-refractivity contribution in [2.75, 3.05) is 49.5 Å². The van der Waals surface area contributed by atoms with Gasteiger partial charge in [-0.2, -0.15) is 0 Å². The van der Waals surface area contributed by atoms with Crippen LogP contribution < -0.4 is 10.2 Å². The average molecular weight is 348 g/mol. The third kappa shape index (κ3) is 4.56. The number of anilines is 2. The maximum atomic E-state index is 11.7. The predicted molar refractivity (Wildman–Crippen MR) is 98.1 cm³/mol. The van der Waals surface area contributed by atoms with Gasteiger partial charge in [-0.15, -0.1) is 0 Å². The number of likely N-dealkylation sites (tertiary alicyclic amines) is 1. The summed E-state index contributed by atoms with van der Waals surface area (Å²) in [7, 11) is 0. The van der Waals surface area contributed by atoms with Gasteiger partial charge in [0.1, 0.15) is 6.33 Å². The molecule has 1 N–H and O–H groups in total. The van der Waals surface area contributed by atoms with Crippen LogP contribution in [0.4, 0.5) is 17.3 Å². The second-order valence-electron chi connectivity index (χ2n) is 7.17. The molecule has 25 heavy (non-hydrogen) atoms. The van der Waals surface area contributed by atoms with E-state index >= 15 is 0 Å². The standard InChI is InChI=1S/C17H28N6O2/c1-14-6-5-10-22(12-14)17-15(23(24)25)16(19-13-20-17)18-7-11-21-8-3-2-4-9-21/h13-14H,2-12H2,1H3,(H,18,19,20).